The predicted molar refractivity (Wildman–Crippen MR) is 139 cm³/mol. The number of nitrogens with zero attached hydrogens (tertiary/aromatic N) is 1. The molecule has 2 N–H and O–H groups in total. The van der Waals surface area contributed by atoms with Crippen molar-refractivity contribution in [2.75, 3.05) is 4.72 Å². The Hall–Kier alpha value is -3.31. The van der Waals surface area contributed by atoms with E-state index in [0.717, 1.165) is 12.8 Å². The van der Waals surface area contributed by atoms with Crippen LogP contribution in [0.5, 0.6) is 0 Å². The minimum absolute atomic E-state index is 0.0142. The van der Waals surface area contributed by atoms with Crippen LogP contribution in [0.25, 0.3) is 0 Å². The van der Waals surface area contributed by atoms with E-state index < -0.39 is 32.9 Å². The number of esters is 1. The molecule has 1 atom stereocenters. The zero-order valence-electron chi connectivity index (χ0n) is 21.5. The van der Waals surface area contributed by atoms with Gasteiger partial charge in [0.05, 0.1) is 22.1 Å². The lowest BCUT2D eigenvalue weighted by atomic mass is 9.71. The monoisotopic (exact) mass is 510 g/mol. The first kappa shape index (κ1) is 27.3. The maximum Gasteiger partial charge on any atom is 0.339 e. The number of benzene rings is 2. The summed E-state index contributed by atoms with van der Waals surface area (Å²) in [5.41, 5.74) is 0.102. The number of cyclic esters (lactones) is 1. The number of carbonyl (C=O) groups excluding carboxylic acids is 1. The van der Waals surface area contributed by atoms with Crippen molar-refractivity contribution < 1.29 is 23.1 Å². The molecule has 0 fully saturated rings. The third kappa shape index (κ3) is 5.41. The van der Waals surface area contributed by atoms with E-state index in [-0.39, 0.29) is 16.2 Å². The van der Waals surface area contributed by atoms with Gasteiger partial charge in [0.15, 0.2) is 5.60 Å². The Morgan fingerprint density at radius 1 is 1.08 bits per heavy atom. The molecule has 0 amide bonds. The molecule has 3 rings (SSSR count). The molecule has 0 bridgehead atoms. The fourth-order valence-corrected chi connectivity index (χ4v) is 6.00. The molecule has 1 aliphatic heterocycles. The molecule has 8 heteroatoms. The lowest BCUT2D eigenvalue weighted by Crippen LogP contribution is -2.31. The number of hydrogen-bond donors (Lipinski definition) is 2. The van der Waals surface area contributed by atoms with Gasteiger partial charge in [-0.2, -0.15) is 5.26 Å². The number of nitrogens with one attached hydrogen (secondary N) is 1. The normalized spacial score (nSPS) is 16.4. The first-order chi connectivity index (χ1) is 16.9. The second kappa shape index (κ2) is 10.4. The number of nitriles is 1. The molecule has 1 heterocycles. The van der Waals surface area contributed by atoms with Crippen molar-refractivity contribution >= 4 is 21.7 Å². The molecule has 0 radical (unpaired) electrons. The molecule has 0 saturated heterocycles. The van der Waals surface area contributed by atoms with E-state index in [2.05, 4.69) is 4.72 Å². The minimum atomic E-state index is -3.90. The standard InChI is InChI=1S/C28H34N2O5S/c1-6-15-28(16-7-2)25(31)23(26(32)35-28)24(27(3,4)5)20-9-8-10-21(17-20)30-36(33,34)22-13-11-19(18-29)12-14-22/h8-14,17,24,30-31H,6-7,15-16H2,1-5H3. The van der Waals surface area contributed by atoms with Gasteiger partial charge in [-0.15, -0.1) is 0 Å². The van der Waals surface area contributed by atoms with Crippen molar-refractivity contribution in [2.45, 2.75) is 76.7 Å². The number of hydrogen-bond acceptors (Lipinski definition) is 6. The van der Waals surface area contributed by atoms with Crippen LogP contribution in [0.15, 0.2) is 64.8 Å². The van der Waals surface area contributed by atoms with Crippen molar-refractivity contribution in [1.29, 1.82) is 5.26 Å². The molecule has 2 aromatic rings. The van der Waals surface area contributed by atoms with Crippen molar-refractivity contribution in [3.63, 3.8) is 0 Å². The molecule has 7 nitrogen and oxygen atoms in total. The van der Waals surface area contributed by atoms with Crippen molar-refractivity contribution in [3.8, 4) is 6.07 Å². The fraction of sp³-hybridized carbons (Fsp3) is 0.429. The molecule has 0 aliphatic carbocycles. The summed E-state index contributed by atoms with van der Waals surface area (Å²) < 4.78 is 34.3. The molecular weight excluding hydrogens is 476 g/mol. The maximum absolute atomic E-state index is 13.2. The number of aliphatic hydroxyl groups is 1. The lowest BCUT2D eigenvalue weighted by molar-refractivity contribution is -0.150. The SMILES string of the molecule is CCCC1(CCC)OC(=O)C(C(c2cccc(NS(=O)(=O)c3ccc(C#N)cc3)c2)C(C)(C)C)=C1O. The molecule has 192 valence electrons. The Bertz CT molecular complexity index is 1290. The zero-order chi connectivity index (χ0) is 26.7. The Kier molecular flexibility index (Phi) is 7.85. The highest BCUT2D eigenvalue weighted by Gasteiger charge is 2.51. The van der Waals surface area contributed by atoms with Crippen LogP contribution in [0.2, 0.25) is 0 Å². The minimum Gasteiger partial charge on any atom is -0.507 e. The third-order valence-electron chi connectivity index (χ3n) is 6.42. The van der Waals surface area contributed by atoms with Gasteiger partial charge in [-0.05, 0) is 60.2 Å². The third-order valence-corrected chi connectivity index (χ3v) is 7.82. The van der Waals surface area contributed by atoms with Gasteiger partial charge in [0, 0.05) is 11.6 Å². The van der Waals surface area contributed by atoms with Crippen LogP contribution in [-0.2, 0) is 19.6 Å². The van der Waals surface area contributed by atoms with E-state index in [1.807, 2.05) is 46.8 Å². The molecule has 2 aromatic carbocycles. The summed E-state index contributed by atoms with van der Waals surface area (Å²) in [5, 5.41) is 20.3. The van der Waals surface area contributed by atoms with Gasteiger partial charge in [0.2, 0.25) is 0 Å². The highest BCUT2D eigenvalue weighted by Crippen LogP contribution is 2.49. The summed E-state index contributed by atoms with van der Waals surface area (Å²) in [6.45, 7) is 9.89. The second-order valence-corrected chi connectivity index (χ2v) is 12.0. The van der Waals surface area contributed by atoms with E-state index in [4.69, 9.17) is 10.00 Å². The summed E-state index contributed by atoms with van der Waals surface area (Å²) in [5.74, 6) is -1.07. The first-order valence-corrected chi connectivity index (χ1v) is 13.7. The van der Waals surface area contributed by atoms with Gasteiger partial charge in [-0.3, -0.25) is 4.72 Å². The van der Waals surface area contributed by atoms with Gasteiger partial charge in [-0.1, -0.05) is 59.6 Å². The predicted octanol–water partition coefficient (Wildman–Crippen LogP) is 6.20. The number of anilines is 1. The smallest absolute Gasteiger partial charge is 0.339 e. The molecule has 0 spiro atoms. The highest BCUT2D eigenvalue weighted by molar-refractivity contribution is 7.92. The number of carbonyl (C=O) groups is 1. The van der Waals surface area contributed by atoms with Crippen LogP contribution in [0, 0.1) is 16.7 Å². The van der Waals surface area contributed by atoms with Crippen LogP contribution in [-0.4, -0.2) is 25.1 Å². The largest absolute Gasteiger partial charge is 0.507 e. The summed E-state index contributed by atoms with van der Waals surface area (Å²) >= 11 is 0. The number of ether oxygens (including phenoxy) is 1. The highest BCUT2D eigenvalue weighted by atomic mass is 32.2. The number of aliphatic hydroxyl groups excluding tert-OH is 1. The van der Waals surface area contributed by atoms with Crippen LogP contribution < -0.4 is 4.72 Å². The Balaban J connectivity index is 2.05. The topological polar surface area (TPSA) is 116 Å². The van der Waals surface area contributed by atoms with Crippen molar-refractivity contribution in [3.05, 3.63) is 71.0 Å². The average Bonchev–Trinajstić information content (AvgIpc) is 3.03. The van der Waals surface area contributed by atoms with Gasteiger partial charge in [0.1, 0.15) is 5.76 Å². The molecule has 0 saturated carbocycles. The van der Waals surface area contributed by atoms with E-state index in [0.29, 0.717) is 29.7 Å². The fourth-order valence-electron chi connectivity index (χ4n) is 4.95. The summed E-state index contributed by atoms with van der Waals surface area (Å²) in [6.07, 6.45) is 2.56. The van der Waals surface area contributed by atoms with Crippen LogP contribution >= 0.6 is 0 Å². The van der Waals surface area contributed by atoms with Crippen LogP contribution in [0.3, 0.4) is 0 Å². The molecular formula is C28H34N2O5S. The lowest BCUT2D eigenvalue weighted by Gasteiger charge is -2.31. The quantitative estimate of drug-likeness (QED) is 0.388. The Morgan fingerprint density at radius 3 is 2.22 bits per heavy atom. The van der Waals surface area contributed by atoms with E-state index >= 15 is 0 Å². The van der Waals surface area contributed by atoms with Gasteiger partial charge < -0.3 is 9.84 Å². The average molecular weight is 511 g/mol. The first-order valence-electron chi connectivity index (χ1n) is 12.2. The second-order valence-electron chi connectivity index (χ2n) is 10.3. The summed E-state index contributed by atoms with van der Waals surface area (Å²) in [4.78, 5) is 13.2. The number of sulfonamides is 1. The van der Waals surface area contributed by atoms with E-state index in [1.54, 1.807) is 18.2 Å². The zero-order valence-corrected chi connectivity index (χ0v) is 22.3. The molecule has 1 aliphatic rings. The van der Waals surface area contributed by atoms with Crippen LogP contribution in [0.4, 0.5) is 5.69 Å². The van der Waals surface area contributed by atoms with Crippen LogP contribution in [0.1, 0.15) is 77.3 Å². The maximum atomic E-state index is 13.2. The Morgan fingerprint density at radius 2 is 1.69 bits per heavy atom. The Labute approximate surface area is 213 Å². The van der Waals surface area contributed by atoms with Crippen molar-refractivity contribution in [1.82, 2.24) is 0 Å². The van der Waals surface area contributed by atoms with E-state index in [9.17, 15) is 18.3 Å². The van der Waals surface area contributed by atoms with Crippen molar-refractivity contribution in [2.24, 2.45) is 5.41 Å². The molecule has 0 aromatic heterocycles. The van der Waals surface area contributed by atoms with E-state index in [1.165, 1.54) is 24.3 Å². The number of rotatable bonds is 9. The molecule has 36 heavy (non-hydrogen) atoms. The molecule has 1 unspecified atom stereocenters. The summed E-state index contributed by atoms with van der Waals surface area (Å²) in [7, 11) is -3.90. The van der Waals surface area contributed by atoms with Gasteiger partial charge >= 0.3 is 5.97 Å². The van der Waals surface area contributed by atoms with Gasteiger partial charge in [-0.25, -0.2) is 13.2 Å². The van der Waals surface area contributed by atoms with Gasteiger partial charge in [0.25, 0.3) is 10.0 Å². The summed E-state index contributed by atoms with van der Waals surface area (Å²) in [6, 6.07) is 14.5.